The molecular formula is C23H36N2O5. The largest absolute Gasteiger partial charge is 0.463 e. The van der Waals surface area contributed by atoms with Gasteiger partial charge in [0.1, 0.15) is 23.9 Å². The minimum Gasteiger partial charge on any atom is -0.463 e. The Hall–Kier alpha value is -1.91. The van der Waals surface area contributed by atoms with Crippen molar-refractivity contribution in [1.82, 2.24) is 9.80 Å². The number of likely N-dealkylation sites (N-methyl/N-ethyl adjacent to an activating group) is 1. The number of esters is 1. The zero-order valence-electron chi connectivity index (χ0n) is 19.2. The molecule has 2 rings (SSSR count). The van der Waals surface area contributed by atoms with Crippen LogP contribution in [0.2, 0.25) is 0 Å². The average Bonchev–Trinajstić information content (AvgIpc) is 3.15. The van der Waals surface area contributed by atoms with Gasteiger partial charge in [-0.2, -0.15) is 0 Å². The van der Waals surface area contributed by atoms with Gasteiger partial charge in [-0.25, -0.2) is 0 Å². The third kappa shape index (κ3) is 5.04. The molecule has 7 nitrogen and oxygen atoms in total. The van der Waals surface area contributed by atoms with Gasteiger partial charge in [-0.15, -0.1) is 6.42 Å². The van der Waals surface area contributed by atoms with Crippen molar-refractivity contribution in [1.29, 1.82) is 0 Å². The van der Waals surface area contributed by atoms with Crippen LogP contribution in [0.4, 0.5) is 0 Å². The molecule has 7 heteroatoms. The molecule has 0 radical (unpaired) electrons. The van der Waals surface area contributed by atoms with Crippen molar-refractivity contribution in [2.45, 2.75) is 58.1 Å². The number of likely N-dealkylation sites (tertiary alicyclic amines) is 1. The summed E-state index contributed by atoms with van der Waals surface area (Å²) in [5.41, 5.74) is -1.36. The second-order valence-electron chi connectivity index (χ2n) is 9.28. The normalized spacial score (nSPS) is 37.1. The fourth-order valence-corrected chi connectivity index (χ4v) is 4.85. The molecule has 1 amide bonds. The van der Waals surface area contributed by atoms with Gasteiger partial charge >= 0.3 is 5.97 Å². The lowest BCUT2D eigenvalue weighted by molar-refractivity contribution is -0.156. The summed E-state index contributed by atoms with van der Waals surface area (Å²) in [4.78, 5) is 41.5. The first kappa shape index (κ1) is 24.4. The zero-order chi connectivity index (χ0) is 22.7. The van der Waals surface area contributed by atoms with Gasteiger partial charge in [0.25, 0.3) is 0 Å². The van der Waals surface area contributed by atoms with Crippen LogP contribution in [0.15, 0.2) is 0 Å². The Morgan fingerprint density at radius 1 is 1.27 bits per heavy atom. The van der Waals surface area contributed by atoms with Crippen molar-refractivity contribution in [2.75, 3.05) is 40.4 Å². The molecule has 2 fully saturated rings. The third-order valence-corrected chi connectivity index (χ3v) is 6.89. The smallest absolute Gasteiger partial charge is 0.316 e. The summed E-state index contributed by atoms with van der Waals surface area (Å²) in [6.07, 6.45) is 7.51. The number of cyclic esters (lactones) is 1. The number of methoxy groups -OCH3 is 1. The van der Waals surface area contributed by atoms with Crippen LogP contribution in [0.5, 0.6) is 0 Å². The number of ketones is 1. The second-order valence-corrected chi connectivity index (χ2v) is 9.28. The molecule has 5 atom stereocenters. The van der Waals surface area contributed by atoms with Crippen LogP contribution in [-0.2, 0) is 23.9 Å². The number of hydrogen-bond acceptors (Lipinski definition) is 6. The summed E-state index contributed by atoms with van der Waals surface area (Å²) in [6.45, 7) is 8.98. The first-order chi connectivity index (χ1) is 14.0. The maximum absolute atomic E-state index is 12.9. The van der Waals surface area contributed by atoms with Gasteiger partial charge in [0.2, 0.25) is 5.91 Å². The number of carbonyl (C=O) groups excluding carboxylic acids is 3. The molecular weight excluding hydrogens is 384 g/mol. The molecule has 1 spiro atoms. The quantitative estimate of drug-likeness (QED) is 0.365. The summed E-state index contributed by atoms with van der Waals surface area (Å²) in [7, 11) is 3.57. The van der Waals surface area contributed by atoms with Gasteiger partial charge < -0.3 is 14.4 Å². The van der Waals surface area contributed by atoms with Gasteiger partial charge in [-0.05, 0) is 39.2 Å². The van der Waals surface area contributed by atoms with Crippen molar-refractivity contribution in [3.63, 3.8) is 0 Å². The van der Waals surface area contributed by atoms with Gasteiger partial charge in [0, 0.05) is 39.6 Å². The summed E-state index contributed by atoms with van der Waals surface area (Å²) >= 11 is 0. The molecule has 30 heavy (non-hydrogen) atoms. The van der Waals surface area contributed by atoms with Crippen LogP contribution >= 0.6 is 0 Å². The average molecular weight is 421 g/mol. The number of amides is 1. The van der Waals surface area contributed by atoms with Crippen molar-refractivity contribution >= 4 is 17.7 Å². The number of Topliss-reactive ketones (excluding diaryl/α,β-unsaturated/α-hetero) is 1. The molecule has 2 aliphatic rings. The summed E-state index contributed by atoms with van der Waals surface area (Å²) in [5, 5.41) is 0. The van der Waals surface area contributed by atoms with E-state index in [0.29, 0.717) is 38.9 Å². The number of nitrogens with zero attached hydrogens (tertiary/aromatic N) is 2. The fraction of sp³-hybridized carbons (Fsp3) is 0.783. The summed E-state index contributed by atoms with van der Waals surface area (Å²) in [5.74, 6) is 0.928. The van der Waals surface area contributed by atoms with Crippen molar-refractivity contribution in [3.05, 3.63) is 0 Å². The Bertz CT molecular complexity index is 717. The van der Waals surface area contributed by atoms with Crippen LogP contribution in [0, 0.1) is 30.1 Å². The molecule has 2 heterocycles. The highest BCUT2D eigenvalue weighted by molar-refractivity contribution is 5.99. The Balaban J connectivity index is 2.39. The van der Waals surface area contributed by atoms with Crippen molar-refractivity contribution in [3.8, 4) is 12.3 Å². The van der Waals surface area contributed by atoms with E-state index < -0.39 is 28.9 Å². The number of carbonyl (C=O) groups is 3. The van der Waals surface area contributed by atoms with Gasteiger partial charge in [0.05, 0.1) is 5.54 Å². The van der Waals surface area contributed by atoms with Gasteiger partial charge in [-0.3, -0.25) is 19.3 Å². The standard InChI is InChI=1S/C23H36N2O5/c1-8-23(29-7)11-16(2)13-24(6)22(9-10-25(14-22)19(5)26)15-30-21(28)18(4)20(27)17(3)12-23/h1,16-18H,9-15H2,2-7H3/t16-,17-,18?,22?,23-/m1/s1. The number of terminal acetylenes is 1. The van der Waals surface area contributed by atoms with Crippen LogP contribution < -0.4 is 0 Å². The van der Waals surface area contributed by atoms with Crippen LogP contribution in [0.25, 0.3) is 0 Å². The van der Waals surface area contributed by atoms with E-state index in [4.69, 9.17) is 15.9 Å². The lowest BCUT2D eigenvalue weighted by Gasteiger charge is -2.40. The predicted molar refractivity (Wildman–Crippen MR) is 113 cm³/mol. The van der Waals surface area contributed by atoms with E-state index in [0.717, 1.165) is 0 Å². The monoisotopic (exact) mass is 420 g/mol. The molecule has 0 bridgehead atoms. The Morgan fingerprint density at radius 3 is 2.47 bits per heavy atom. The first-order valence-electron chi connectivity index (χ1n) is 10.7. The van der Waals surface area contributed by atoms with Crippen LogP contribution in [0.1, 0.15) is 47.0 Å². The molecule has 0 saturated carbocycles. The molecule has 2 saturated heterocycles. The highest BCUT2D eigenvalue weighted by Gasteiger charge is 2.45. The number of rotatable bonds is 1. The number of ether oxygens (including phenoxy) is 2. The maximum atomic E-state index is 12.9. The summed E-state index contributed by atoms with van der Waals surface area (Å²) in [6, 6.07) is 0. The van der Waals surface area contributed by atoms with E-state index in [1.165, 1.54) is 0 Å². The maximum Gasteiger partial charge on any atom is 0.316 e. The van der Waals surface area contributed by atoms with Gasteiger partial charge in [-0.1, -0.05) is 19.8 Å². The number of hydrogen-bond donors (Lipinski definition) is 0. The highest BCUT2D eigenvalue weighted by Crippen LogP contribution is 2.34. The van der Waals surface area contributed by atoms with Crippen molar-refractivity contribution in [2.24, 2.45) is 17.8 Å². The first-order valence-corrected chi connectivity index (χ1v) is 10.7. The van der Waals surface area contributed by atoms with E-state index in [1.54, 1.807) is 32.8 Å². The third-order valence-electron chi connectivity index (χ3n) is 6.89. The van der Waals surface area contributed by atoms with Crippen molar-refractivity contribution < 1.29 is 23.9 Å². The van der Waals surface area contributed by atoms with Gasteiger partial charge in [0.15, 0.2) is 0 Å². The van der Waals surface area contributed by atoms with Crippen LogP contribution in [-0.4, -0.2) is 79.0 Å². The Labute approximate surface area is 180 Å². The zero-order valence-corrected chi connectivity index (χ0v) is 19.2. The lowest BCUT2D eigenvalue weighted by Crippen LogP contribution is -2.54. The minimum atomic E-state index is -0.877. The molecule has 168 valence electrons. The lowest BCUT2D eigenvalue weighted by atomic mass is 9.80. The highest BCUT2D eigenvalue weighted by atomic mass is 16.5. The SMILES string of the molecule is C#C[C@@]1(OC)C[C@@H](C)CN(C)C2(CCN(C(C)=O)C2)COC(=O)C(C)C(=O)[C@H](C)C1. The topological polar surface area (TPSA) is 76.2 Å². The molecule has 0 aromatic heterocycles. The fourth-order valence-electron chi connectivity index (χ4n) is 4.85. The molecule has 0 aliphatic carbocycles. The molecule has 2 unspecified atom stereocenters. The van der Waals surface area contributed by atoms with E-state index >= 15 is 0 Å². The van der Waals surface area contributed by atoms with Crippen LogP contribution in [0.3, 0.4) is 0 Å². The predicted octanol–water partition coefficient (Wildman–Crippen LogP) is 1.74. The van der Waals surface area contributed by atoms with E-state index in [2.05, 4.69) is 17.7 Å². The van der Waals surface area contributed by atoms with E-state index in [1.807, 2.05) is 7.05 Å². The molecule has 0 N–H and O–H groups in total. The Kier molecular flexibility index (Phi) is 7.70. The molecule has 2 aliphatic heterocycles. The minimum absolute atomic E-state index is 0.00525. The van der Waals surface area contributed by atoms with E-state index in [-0.39, 0.29) is 24.2 Å². The summed E-state index contributed by atoms with van der Waals surface area (Å²) < 4.78 is 11.4. The molecule has 0 aromatic rings. The second kappa shape index (κ2) is 9.49. The molecule has 0 aromatic carbocycles. The Morgan fingerprint density at radius 2 is 1.93 bits per heavy atom. The van der Waals surface area contributed by atoms with E-state index in [9.17, 15) is 14.4 Å².